The van der Waals surface area contributed by atoms with E-state index in [9.17, 15) is 0 Å². The minimum Gasteiger partial charge on any atom is -0.378 e. The largest absolute Gasteiger partial charge is 0.378 e. The molecule has 0 amide bonds. The molecule has 0 bridgehead atoms. The standard InChI is InChI=1S/C8H16O/c1-4-9-7-5-6-8(2)3/h5-6,8H,4,7H2,1-3H3/b6-5-. The van der Waals surface area contributed by atoms with Crippen molar-refractivity contribution in [3.8, 4) is 0 Å². The van der Waals surface area contributed by atoms with E-state index >= 15 is 0 Å². The molecule has 0 radical (unpaired) electrons. The van der Waals surface area contributed by atoms with Gasteiger partial charge in [0.1, 0.15) is 0 Å². The smallest absolute Gasteiger partial charge is 0.0647 e. The summed E-state index contributed by atoms with van der Waals surface area (Å²) in [4.78, 5) is 0. The predicted octanol–water partition coefficient (Wildman–Crippen LogP) is 2.24. The van der Waals surface area contributed by atoms with E-state index in [1.54, 1.807) is 0 Å². The molecule has 0 aliphatic heterocycles. The van der Waals surface area contributed by atoms with Crippen molar-refractivity contribution in [3.05, 3.63) is 12.2 Å². The molecule has 0 saturated carbocycles. The Bertz CT molecular complexity index is 74.6. The van der Waals surface area contributed by atoms with E-state index in [1.165, 1.54) is 0 Å². The topological polar surface area (TPSA) is 9.23 Å². The van der Waals surface area contributed by atoms with E-state index in [2.05, 4.69) is 26.0 Å². The van der Waals surface area contributed by atoms with Gasteiger partial charge in [-0.2, -0.15) is 0 Å². The highest BCUT2D eigenvalue weighted by atomic mass is 16.5. The van der Waals surface area contributed by atoms with Gasteiger partial charge in [-0.15, -0.1) is 0 Å². The Hall–Kier alpha value is -0.300. The van der Waals surface area contributed by atoms with Gasteiger partial charge in [0, 0.05) is 6.61 Å². The van der Waals surface area contributed by atoms with Gasteiger partial charge in [0.25, 0.3) is 0 Å². The first-order valence-corrected chi connectivity index (χ1v) is 3.51. The summed E-state index contributed by atoms with van der Waals surface area (Å²) in [6.45, 7) is 7.88. The molecule has 0 rings (SSSR count). The molecule has 0 aromatic carbocycles. The highest BCUT2D eigenvalue weighted by molar-refractivity contribution is 4.83. The van der Waals surface area contributed by atoms with Crippen LogP contribution in [0.25, 0.3) is 0 Å². The second-order valence-corrected chi connectivity index (χ2v) is 2.33. The summed E-state index contributed by atoms with van der Waals surface area (Å²) in [5, 5.41) is 0. The van der Waals surface area contributed by atoms with Crippen molar-refractivity contribution in [2.24, 2.45) is 5.92 Å². The van der Waals surface area contributed by atoms with Crippen LogP contribution in [0.15, 0.2) is 12.2 Å². The maximum atomic E-state index is 5.10. The van der Waals surface area contributed by atoms with Gasteiger partial charge >= 0.3 is 0 Å². The van der Waals surface area contributed by atoms with Crippen LogP contribution in [0.1, 0.15) is 20.8 Å². The van der Waals surface area contributed by atoms with E-state index in [1.807, 2.05) is 6.92 Å². The first kappa shape index (κ1) is 8.70. The average molecular weight is 128 g/mol. The highest BCUT2D eigenvalue weighted by Gasteiger charge is 1.81. The number of allylic oxidation sites excluding steroid dienone is 1. The maximum Gasteiger partial charge on any atom is 0.0647 e. The third-order valence-corrected chi connectivity index (χ3v) is 0.939. The van der Waals surface area contributed by atoms with Crippen molar-refractivity contribution in [2.75, 3.05) is 13.2 Å². The second-order valence-electron chi connectivity index (χ2n) is 2.33. The van der Waals surface area contributed by atoms with Crippen LogP contribution in [0.4, 0.5) is 0 Å². The minimum absolute atomic E-state index is 0.644. The van der Waals surface area contributed by atoms with Gasteiger partial charge in [0.05, 0.1) is 6.61 Å². The van der Waals surface area contributed by atoms with E-state index in [-0.39, 0.29) is 0 Å². The van der Waals surface area contributed by atoms with Crippen molar-refractivity contribution in [1.82, 2.24) is 0 Å². The molecule has 0 N–H and O–H groups in total. The molecule has 0 atom stereocenters. The molecule has 0 aliphatic rings. The number of rotatable bonds is 4. The first-order chi connectivity index (χ1) is 4.27. The minimum atomic E-state index is 0.644. The molecule has 0 aromatic rings. The summed E-state index contributed by atoms with van der Waals surface area (Å²) in [6.07, 6.45) is 4.21. The van der Waals surface area contributed by atoms with E-state index in [4.69, 9.17) is 4.74 Å². The zero-order chi connectivity index (χ0) is 7.11. The molecule has 0 aliphatic carbocycles. The quantitative estimate of drug-likeness (QED) is 0.416. The Morgan fingerprint density at radius 3 is 2.56 bits per heavy atom. The Balaban J connectivity index is 3.04. The van der Waals surface area contributed by atoms with Gasteiger partial charge in [-0.05, 0) is 12.8 Å². The van der Waals surface area contributed by atoms with Gasteiger partial charge in [0.2, 0.25) is 0 Å². The lowest BCUT2D eigenvalue weighted by atomic mass is 10.2. The SMILES string of the molecule is CCOC/C=C\C(C)C. The molecule has 54 valence electrons. The third kappa shape index (κ3) is 7.70. The van der Waals surface area contributed by atoms with E-state index in [0.717, 1.165) is 13.2 Å². The molecule has 0 heterocycles. The Morgan fingerprint density at radius 2 is 2.11 bits per heavy atom. The third-order valence-electron chi connectivity index (χ3n) is 0.939. The van der Waals surface area contributed by atoms with Gasteiger partial charge < -0.3 is 4.74 Å². The molecular weight excluding hydrogens is 112 g/mol. The summed E-state index contributed by atoms with van der Waals surface area (Å²) >= 11 is 0. The van der Waals surface area contributed by atoms with Crippen molar-refractivity contribution >= 4 is 0 Å². The van der Waals surface area contributed by atoms with Crippen LogP contribution in [-0.2, 0) is 4.74 Å². The molecule has 0 unspecified atom stereocenters. The molecule has 1 heteroatoms. The van der Waals surface area contributed by atoms with Gasteiger partial charge in [-0.25, -0.2) is 0 Å². The van der Waals surface area contributed by atoms with Crippen LogP contribution < -0.4 is 0 Å². The van der Waals surface area contributed by atoms with Crippen molar-refractivity contribution < 1.29 is 4.74 Å². The Kier molecular flexibility index (Phi) is 5.64. The summed E-state index contributed by atoms with van der Waals surface area (Å²) in [5.41, 5.74) is 0. The highest BCUT2D eigenvalue weighted by Crippen LogP contribution is 1.92. The first-order valence-electron chi connectivity index (χ1n) is 3.51. The van der Waals surface area contributed by atoms with Gasteiger partial charge in [0.15, 0.2) is 0 Å². The molecule has 9 heavy (non-hydrogen) atoms. The lowest BCUT2D eigenvalue weighted by molar-refractivity contribution is 0.177. The number of ether oxygens (including phenoxy) is 1. The second kappa shape index (κ2) is 5.83. The van der Waals surface area contributed by atoms with Crippen LogP contribution in [-0.4, -0.2) is 13.2 Å². The van der Waals surface area contributed by atoms with Crippen LogP contribution in [0, 0.1) is 5.92 Å². The van der Waals surface area contributed by atoms with Crippen LogP contribution in [0.2, 0.25) is 0 Å². The monoisotopic (exact) mass is 128 g/mol. The molecule has 0 aromatic heterocycles. The van der Waals surface area contributed by atoms with E-state index in [0.29, 0.717) is 5.92 Å². The molecular formula is C8H16O. The van der Waals surface area contributed by atoms with Gasteiger partial charge in [-0.1, -0.05) is 26.0 Å². The maximum absolute atomic E-state index is 5.10. The molecule has 0 fully saturated rings. The fourth-order valence-corrected chi connectivity index (χ4v) is 0.514. The molecule has 0 saturated heterocycles. The van der Waals surface area contributed by atoms with Crippen LogP contribution >= 0.6 is 0 Å². The van der Waals surface area contributed by atoms with Crippen molar-refractivity contribution in [1.29, 1.82) is 0 Å². The average Bonchev–Trinajstić information content (AvgIpc) is 1.80. The summed E-state index contributed by atoms with van der Waals surface area (Å²) in [5.74, 6) is 0.644. The summed E-state index contributed by atoms with van der Waals surface area (Å²) in [6, 6.07) is 0. The zero-order valence-electron chi connectivity index (χ0n) is 6.55. The predicted molar refractivity (Wildman–Crippen MR) is 40.5 cm³/mol. The normalized spacial score (nSPS) is 11.6. The zero-order valence-corrected chi connectivity index (χ0v) is 6.55. The Labute approximate surface area is 57.7 Å². The fourth-order valence-electron chi connectivity index (χ4n) is 0.514. The molecule has 0 spiro atoms. The lowest BCUT2D eigenvalue weighted by Crippen LogP contribution is -1.89. The Morgan fingerprint density at radius 1 is 1.44 bits per heavy atom. The summed E-state index contributed by atoms with van der Waals surface area (Å²) < 4.78 is 5.10. The summed E-state index contributed by atoms with van der Waals surface area (Å²) in [7, 11) is 0. The van der Waals surface area contributed by atoms with Crippen LogP contribution in [0.3, 0.4) is 0 Å². The molecule has 1 nitrogen and oxygen atoms in total. The van der Waals surface area contributed by atoms with Crippen LogP contribution in [0.5, 0.6) is 0 Å². The lowest BCUT2D eigenvalue weighted by Gasteiger charge is -1.94. The fraction of sp³-hybridized carbons (Fsp3) is 0.750. The van der Waals surface area contributed by atoms with Crippen molar-refractivity contribution in [3.63, 3.8) is 0 Å². The van der Waals surface area contributed by atoms with Gasteiger partial charge in [-0.3, -0.25) is 0 Å². The van der Waals surface area contributed by atoms with Crippen molar-refractivity contribution in [2.45, 2.75) is 20.8 Å². The number of hydrogen-bond donors (Lipinski definition) is 0. The van der Waals surface area contributed by atoms with E-state index < -0.39 is 0 Å². The number of hydrogen-bond acceptors (Lipinski definition) is 1.